The van der Waals surface area contributed by atoms with Crippen LogP contribution in [-0.2, 0) is 0 Å². The summed E-state index contributed by atoms with van der Waals surface area (Å²) >= 11 is 6.28. The fraction of sp³-hybridized carbons (Fsp3) is 0.429. The lowest BCUT2D eigenvalue weighted by Gasteiger charge is -2.29. The second-order valence-electron chi connectivity index (χ2n) is 7.22. The number of hydrogen-bond acceptors (Lipinski definition) is 5. The number of aliphatic hydroxyl groups excluding tert-OH is 1. The molecular weight excluding hydrogens is 411 g/mol. The number of aliphatic hydroxyl groups is 1. The SMILES string of the molecule is COc1cc(F)ccc1-c1cc(NC(=O)NC2CCC(NCCO)CC2)ncc1Cl. The zero-order chi connectivity index (χ0) is 21.5. The Morgan fingerprint density at radius 3 is 2.67 bits per heavy atom. The van der Waals surface area contributed by atoms with Gasteiger partial charge < -0.3 is 20.5 Å². The van der Waals surface area contributed by atoms with E-state index >= 15 is 0 Å². The molecule has 7 nitrogen and oxygen atoms in total. The van der Waals surface area contributed by atoms with Crippen molar-refractivity contribution in [3.8, 4) is 16.9 Å². The summed E-state index contributed by atoms with van der Waals surface area (Å²) in [7, 11) is 1.45. The largest absolute Gasteiger partial charge is 0.496 e. The molecule has 1 saturated carbocycles. The van der Waals surface area contributed by atoms with Gasteiger partial charge in [0.05, 0.1) is 18.7 Å². The first kappa shape index (κ1) is 22.3. The van der Waals surface area contributed by atoms with E-state index in [2.05, 4.69) is 20.9 Å². The minimum absolute atomic E-state index is 0.0844. The van der Waals surface area contributed by atoms with Crippen molar-refractivity contribution in [2.75, 3.05) is 25.6 Å². The smallest absolute Gasteiger partial charge is 0.320 e. The summed E-state index contributed by atoms with van der Waals surface area (Å²) in [6, 6.07) is 5.92. The van der Waals surface area contributed by atoms with Crippen molar-refractivity contribution in [2.24, 2.45) is 0 Å². The molecule has 1 aliphatic carbocycles. The van der Waals surface area contributed by atoms with Crippen molar-refractivity contribution in [3.63, 3.8) is 0 Å². The number of halogens is 2. The third-order valence-electron chi connectivity index (χ3n) is 5.16. The van der Waals surface area contributed by atoms with E-state index in [0.717, 1.165) is 25.7 Å². The van der Waals surface area contributed by atoms with Gasteiger partial charge >= 0.3 is 6.03 Å². The van der Waals surface area contributed by atoms with Gasteiger partial charge in [0.25, 0.3) is 0 Å². The van der Waals surface area contributed by atoms with Gasteiger partial charge in [0.2, 0.25) is 0 Å². The Labute approximate surface area is 180 Å². The summed E-state index contributed by atoms with van der Waals surface area (Å²) in [5.74, 6) is 0.251. The Kier molecular flexibility index (Phi) is 7.84. The maximum absolute atomic E-state index is 13.5. The second kappa shape index (κ2) is 10.6. The molecule has 30 heavy (non-hydrogen) atoms. The molecule has 9 heteroatoms. The van der Waals surface area contributed by atoms with Gasteiger partial charge in [0.15, 0.2) is 0 Å². The maximum Gasteiger partial charge on any atom is 0.320 e. The molecule has 0 saturated heterocycles. The molecule has 0 atom stereocenters. The van der Waals surface area contributed by atoms with Crippen LogP contribution < -0.4 is 20.7 Å². The summed E-state index contributed by atoms with van der Waals surface area (Å²) in [5, 5.41) is 18.3. The number of benzene rings is 1. The maximum atomic E-state index is 13.5. The lowest BCUT2D eigenvalue weighted by molar-refractivity contribution is 0.236. The molecule has 1 aromatic carbocycles. The molecule has 3 rings (SSSR count). The zero-order valence-electron chi connectivity index (χ0n) is 16.8. The summed E-state index contributed by atoms with van der Waals surface area (Å²) in [5.41, 5.74) is 1.18. The third kappa shape index (κ3) is 5.81. The van der Waals surface area contributed by atoms with Crippen LogP contribution in [0.4, 0.5) is 15.0 Å². The Morgan fingerprint density at radius 2 is 1.97 bits per heavy atom. The topological polar surface area (TPSA) is 95.5 Å². The van der Waals surface area contributed by atoms with E-state index in [1.807, 2.05) is 0 Å². The Morgan fingerprint density at radius 1 is 1.23 bits per heavy atom. The minimum Gasteiger partial charge on any atom is -0.496 e. The monoisotopic (exact) mass is 436 g/mol. The van der Waals surface area contributed by atoms with E-state index < -0.39 is 5.82 Å². The molecule has 0 spiro atoms. The molecule has 162 valence electrons. The van der Waals surface area contributed by atoms with Crippen molar-refractivity contribution in [1.82, 2.24) is 15.6 Å². The van der Waals surface area contributed by atoms with E-state index in [9.17, 15) is 9.18 Å². The molecule has 1 heterocycles. The lowest BCUT2D eigenvalue weighted by Crippen LogP contribution is -2.44. The van der Waals surface area contributed by atoms with Crippen LogP contribution in [0.15, 0.2) is 30.5 Å². The number of hydrogen-bond donors (Lipinski definition) is 4. The number of amides is 2. The van der Waals surface area contributed by atoms with Crippen LogP contribution in [-0.4, -0.2) is 48.5 Å². The molecule has 0 aliphatic heterocycles. The Balaban J connectivity index is 1.63. The van der Waals surface area contributed by atoms with Crippen molar-refractivity contribution in [1.29, 1.82) is 0 Å². The highest BCUT2D eigenvalue weighted by Gasteiger charge is 2.22. The highest BCUT2D eigenvalue weighted by atomic mass is 35.5. The zero-order valence-corrected chi connectivity index (χ0v) is 17.5. The highest BCUT2D eigenvalue weighted by Crippen LogP contribution is 2.36. The normalized spacial score (nSPS) is 18.7. The fourth-order valence-corrected chi connectivity index (χ4v) is 3.85. The van der Waals surface area contributed by atoms with Crippen LogP contribution in [0.25, 0.3) is 11.1 Å². The van der Waals surface area contributed by atoms with Crippen LogP contribution in [0.1, 0.15) is 25.7 Å². The molecule has 0 radical (unpaired) electrons. The number of ether oxygens (including phenoxy) is 1. The number of pyridine rings is 1. The van der Waals surface area contributed by atoms with E-state index in [1.54, 1.807) is 12.1 Å². The van der Waals surface area contributed by atoms with Gasteiger partial charge in [-0.1, -0.05) is 11.6 Å². The van der Waals surface area contributed by atoms with Gasteiger partial charge in [0.1, 0.15) is 17.4 Å². The number of urea groups is 1. The predicted molar refractivity (Wildman–Crippen MR) is 114 cm³/mol. The number of carbonyl (C=O) groups excluding carboxylic acids is 1. The van der Waals surface area contributed by atoms with Crippen molar-refractivity contribution < 1.29 is 19.0 Å². The van der Waals surface area contributed by atoms with Gasteiger partial charge in [0, 0.05) is 42.0 Å². The highest BCUT2D eigenvalue weighted by molar-refractivity contribution is 6.33. The van der Waals surface area contributed by atoms with Crippen LogP contribution in [0.5, 0.6) is 5.75 Å². The van der Waals surface area contributed by atoms with Crippen LogP contribution in [0.3, 0.4) is 0 Å². The van der Waals surface area contributed by atoms with E-state index in [0.29, 0.717) is 40.3 Å². The molecule has 0 unspecified atom stereocenters. The molecular formula is C21H26ClFN4O3. The van der Waals surface area contributed by atoms with Crippen LogP contribution >= 0.6 is 11.6 Å². The van der Waals surface area contributed by atoms with E-state index in [1.165, 1.54) is 25.4 Å². The molecule has 2 amide bonds. The number of methoxy groups -OCH3 is 1. The van der Waals surface area contributed by atoms with Crippen LogP contribution in [0, 0.1) is 5.82 Å². The van der Waals surface area contributed by atoms with Gasteiger partial charge in [-0.25, -0.2) is 14.2 Å². The third-order valence-corrected chi connectivity index (χ3v) is 5.46. The number of anilines is 1. The summed E-state index contributed by atoms with van der Waals surface area (Å²) in [4.78, 5) is 16.6. The van der Waals surface area contributed by atoms with Gasteiger partial charge in [-0.3, -0.25) is 5.32 Å². The summed E-state index contributed by atoms with van der Waals surface area (Å²) in [6.07, 6.45) is 5.05. The standard InChI is InChI=1S/C21H26ClFN4O3/c1-30-19-10-13(23)2-7-16(19)17-11-20(25-12-18(17)22)27-21(29)26-15-5-3-14(4-6-15)24-8-9-28/h2,7,10-12,14-15,24,28H,3-6,8-9H2,1H3,(H2,25,26,27,29). The second-order valence-corrected chi connectivity index (χ2v) is 7.63. The number of rotatable bonds is 7. The van der Waals surface area contributed by atoms with E-state index in [-0.39, 0.29) is 18.7 Å². The fourth-order valence-electron chi connectivity index (χ4n) is 3.65. The lowest BCUT2D eigenvalue weighted by atomic mass is 9.91. The number of aromatic nitrogens is 1. The minimum atomic E-state index is -0.417. The van der Waals surface area contributed by atoms with Gasteiger partial charge in [-0.05, 0) is 43.9 Å². The quantitative estimate of drug-likeness (QED) is 0.532. The first-order chi connectivity index (χ1) is 14.5. The number of nitrogens with zero attached hydrogens (tertiary/aromatic N) is 1. The van der Waals surface area contributed by atoms with Crippen molar-refractivity contribution in [2.45, 2.75) is 37.8 Å². The first-order valence-electron chi connectivity index (χ1n) is 9.91. The van der Waals surface area contributed by atoms with Crippen LogP contribution in [0.2, 0.25) is 5.02 Å². The molecule has 4 N–H and O–H groups in total. The average Bonchev–Trinajstić information content (AvgIpc) is 2.74. The Bertz CT molecular complexity index is 875. The average molecular weight is 437 g/mol. The van der Waals surface area contributed by atoms with Crippen molar-refractivity contribution in [3.05, 3.63) is 41.3 Å². The predicted octanol–water partition coefficient (Wildman–Crippen LogP) is 3.56. The Hall–Kier alpha value is -2.42. The molecule has 2 aromatic rings. The first-order valence-corrected chi connectivity index (χ1v) is 10.3. The number of carbonyl (C=O) groups is 1. The summed E-state index contributed by atoms with van der Waals surface area (Å²) in [6.45, 7) is 0.715. The van der Waals surface area contributed by atoms with Crippen molar-refractivity contribution >= 4 is 23.4 Å². The summed E-state index contributed by atoms with van der Waals surface area (Å²) < 4.78 is 18.8. The molecule has 1 aromatic heterocycles. The number of nitrogens with one attached hydrogen (secondary N) is 3. The molecule has 1 aliphatic rings. The van der Waals surface area contributed by atoms with Gasteiger partial charge in [-0.15, -0.1) is 0 Å². The molecule has 1 fully saturated rings. The molecule has 0 bridgehead atoms. The van der Waals surface area contributed by atoms with Gasteiger partial charge in [-0.2, -0.15) is 0 Å². The van der Waals surface area contributed by atoms with E-state index in [4.69, 9.17) is 21.4 Å².